The van der Waals surface area contributed by atoms with Gasteiger partial charge in [0.15, 0.2) is 0 Å². The van der Waals surface area contributed by atoms with Crippen molar-refractivity contribution >= 4 is 45.7 Å². The van der Waals surface area contributed by atoms with Crippen LogP contribution in [0.2, 0.25) is 0 Å². The number of hydrogen-bond acceptors (Lipinski definition) is 5. The van der Waals surface area contributed by atoms with Gasteiger partial charge >= 0.3 is 5.97 Å². The third kappa shape index (κ3) is 4.70. The van der Waals surface area contributed by atoms with Gasteiger partial charge in [0.2, 0.25) is 0 Å². The topological polar surface area (TPSA) is 68.6 Å². The number of esters is 1. The number of fused-ring (bicyclic) bond motifs is 1. The molecule has 186 valence electrons. The number of amides is 2. The number of thioether (sulfide) groups is 1. The van der Waals surface area contributed by atoms with Crippen molar-refractivity contribution < 1.29 is 19.1 Å². The van der Waals surface area contributed by atoms with Crippen LogP contribution in [0.4, 0.5) is 4.79 Å². The summed E-state index contributed by atoms with van der Waals surface area (Å²) in [6.07, 6.45) is 1.79. The summed E-state index contributed by atoms with van der Waals surface area (Å²) >= 11 is 0.969. The van der Waals surface area contributed by atoms with E-state index in [1.54, 1.807) is 25.1 Å². The molecular weight excluding hydrogens is 484 g/mol. The molecule has 2 heterocycles. The molecule has 4 aromatic rings. The quantitative estimate of drug-likeness (QED) is 0.214. The van der Waals surface area contributed by atoms with Gasteiger partial charge in [0.05, 0.1) is 23.6 Å². The van der Waals surface area contributed by atoms with Gasteiger partial charge in [-0.25, -0.2) is 4.79 Å². The number of benzene rings is 3. The van der Waals surface area contributed by atoms with E-state index in [0.29, 0.717) is 17.1 Å². The van der Waals surface area contributed by atoms with E-state index in [1.807, 2.05) is 74.5 Å². The van der Waals surface area contributed by atoms with E-state index in [0.717, 1.165) is 50.7 Å². The third-order valence-corrected chi connectivity index (χ3v) is 7.38. The molecule has 1 aliphatic rings. The molecule has 37 heavy (non-hydrogen) atoms. The Labute approximate surface area is 219 Å². The first-order chi connectivity index (χ1) is 17.9. The molecule has 1 saturated heterocycles. The van der Waals surface area contributed by atoms with E-state index in [2.05, 4.69) is 4.57 Å². The maximum absolute atomic E-state index is 13.3. The standard InChI is InChI=1S/C30H26N2O4S/c1-4-36-29(34)22-12-14-25(15-13-22)32-19(2)16-24(20(32)3)17-27-28(33)31(30(35)37-27)18-23-10-7-9-21-8-5-6-11-26(21)23/h5-17H,4,18H2,1-3H3/b27-17-. The van der Waals surface area contributed by atoms with Gasteiger partial charge in [-0.15, -0.1) is 0 Å². The van der Waals surface area contributed by atoms with Crippen molar-refractivity contribution in [1.82, 2.24) is 9.47 Å². The molecule has 6 nitrogen and oxygen atoms in total. The molecule has 0 atom stereocenters. The lowest BCUT2D eigenvalue weighted by molar-refractivity contribution is -0.123. The highest BCUT2D eigenvalue weighted by Gasteiger charge is 2.35. The van der Waals surface area contributed by atoms with Gasteiger partial charge < -0.3 is 9.30 Å². The molecule has 0 saturated carbocycles. The molecule has 5 rings (SSSR count). The van der Waals surface area contributed by atoms with Crippen molar-refractivity contribution in [3.63, 3.8) is 0 Å². The molecule has 7 heteroatoms. The summed E-state index contributed by atoms with van der Waals surface area (Å²) in [6.45, 7) is 6.29. The highest BCUT2D eigenvalue weighted by Crippen LogP contribution is 2.35. The molecule has 0 unspecified atom stereocenters. The van der Waals surface area contributed by atoms with Crippen molar-refractivity contribution in [2.24, 2.45) is 0 Å². The van der Waals surface area contributed by atoms with Gasteiger partial charge in [0.1, 0.15) is 0 Å². The molecule has 2 amide bonds. The van der Waals surface area contributed by atoms with Crippen LogP contribution in [0.3, 0.4) is 0 Å². The van der Waals surface area contributed by atoms with Gasteiger partial charge in [-0.2, -0.15) is 0 Å². The van der Waals surface area contributed by atoms with Crippen molar-refractivity contribution in [3.05, 3.63) is 106 Å². The normalized spacial score (nSPS) is 14.7. The van der Waals surface area contributed by atoms with Crippen molar-refractivity contribution in [2.45, 2.75) is 27.3 Å². The molecule has 0 aliphatic carbocycles. The number of hydrogen-bond donors (Lipinski definition) is 0. The molecule has 1 aliphatic heterocycles. The fourth-order valence-corrected chi connectivity index (χ4v) is 5.50. The van der Waals surface area contributed by atoms with Crippen LogP contribution in [0.25, 0.3) is 22.5 Å². The number of aryl methyl sites for hydroxylation is 1. The van der Waals surface area contributed by atoms with E-state index >= 15 is 0 Å². The smallest absolute Gasteiger partial charge is 0.338 e. The monoisotopic (exact) mass is 510 g/mol. The predicted octanol–water partition coefficient (Wildman–Crippen LogP) is 6.66. The second-order valence-corrected chi connectivity index (χ2v) is 9.83. The largest absolute Gasteiger partial charge is 0.462 e. The highest BCUT2D eigenvalue weighted by atomic mass is 32.2. The van der Waals surface area contributed by atoms with Crippen LogP contribution in [0, 0.1) is 13.8 Å². The maximum atomic E-state index is 13.3. The van der Waals surface area contributed by atoms with Crippen molar-refractivity contribution in [1.29, 1.82) is 0 Å². The minimum atomic E-state index is -0.352. The number of aromatic nitrogens is 1. The Balaban J connectivity index is 1.40. The van der Waals surface area contributed by atoms with Gasteiger partial charge in [-0.1, -0.05) is 42.5 Å². The fraction of sp³-hybridized carbons (Fsp3) is 0.167. The van der Waals surface area contributed by atoms with E-state index in [9.17, 15) is 14.4 Å². The van der Waals surface area contributed by atoms with Gasteiger partial charge in [-0.3, -0.25) is 14.5 Å². The number of imide groups is 1. The van der Waals surface area contributed by atoms with Crippen LogP contribution in [0.1, 0.15) is 39.8 Å². The summed E-state index contributed by atoms with van der Waals surface area (Å²) in [5, 5.41) is 1.84. The number of carbonyl (C=O) groups is 3. The minimum Gasteiger partial charge on any atom is -0.462 e. The number of carbonyl (C=O) groups excluding carboxylic acids is 3. The molecular formula is C30H26N2O4S. The Morgan fingerprint density at radius 2 is 1.70 bits per heavy atom. The van der Waals surface area contributed by atoms with Gasteiger partial charge in [-0.05, 0) is 90.8 Å². The predicted molar refractivity (Wildman–Crippen MR) is 147 cm³/mol. The Hall–Kier alpha value is -4.10. The fourth-order valence-electron chi connectivity index (χ4n) is 4.67. The maximum Gasteiger partial charge on any atom is 0.338 e. The number of nitrogens with zero attached hydrogens (tertiary/aromatic N) is 2. The van der Waals surface area contributed by atoms with Crippen molar-refractivity contribution in [3.8, 4) is 5.69 Å². The molecule has 0 bridgehead atoms. The minimum absolute atomic E-state index is 0.231. The summed E-state index contributed by atoms with van der Waals surface area (Å²) in [4.78, 5) is 39.8. The zero-order valence-corrected chi connectivity index (χ0v) is 21.7. The van der Waals surface area contributed by atoms with E-state index in [-0.39, 0.29) is 23.7 Å². The Morgan fingerprint density at radius 1 is 0.973 bits per heavy atom. The molecule has 1 aromatic heterocycles. The highest BCUT2D eigenvalue weighted by molar-refractivity contribution is 8.18. The summed E-state index contributed by atoms with van der Waals surface area (Å²) in [7, 11) is 0. The summed E-state index contributed by atoms with van der Waals surface area (Å²) in [5.41, 5.74) is 5.10. The van der Waals surface area contributed by atoms with E-state index in [4.69, 9.17) is 4.74 Å². The van der Waals surface area contributed by atoms with Crippen LogP contribution < -0.4 is 0 Å². The Morgan fingerprint density at radius 3 is 2.46 bits per heavy atom. The molecule has 0 N–H and O–H groups in total. The summed E-state index contributed by atoms with van der Waals surface area (Å²) in [5.74, 6) is -0.638. The lowest BCUT2D eigenvalue weighted by Crippen LogP contribution is -2.27. The van der Waals surface area contributed by atoms with Crippen LogP contribution in [-0.2, 0) is 16.1 Å². The van der Waals surface area contributed by atoms with Crippen LogP contribution >= 0.6 is 11.8 Å². The Bertz CT molecular complexity index is 1560. The first-order valence-electron chi connectivity index (χ1n) is 12.1. The van der Waals surface area contributed by atoms with Crippen LogP contribution in [0.5, 0.6) is 0 Å². The average molecular weight is 511 g/mol. The van der Waals surface area contributed by atoms with Crippen LogP contribution in [-0.4, -0.2) is 33.2 Å². The lowest BCUT2D eigenvalue weighted by atomic mass is 10.0. The van der Waals surface area contributed by atoms with E-state index < -0.39 is 0 Å². The number of rotatable bonds is 6. The van der Waals surface area contributed by atoms with Crippen molar-refractivity contribution in [2.75, 3.05) is 6.61 Å². The second kappa shape index (κ2) is 10.1. The molecule has 1 fully saturated rings. The first kappa shape index (κ1) is 24.6. The third-order valence-electron chi connectivity index (χ3n) is 6.48. The van der Waals surface area contributed by atoms with Gasteiger partial charge in [0, 0.05) is 17.1 Å². The van der Waals surface area contributed by atoms with Gasteiger partial charge in [0.25, 0.3) is 11.1 Å². The zero-order chi connectivity index (χ0) is 26.1. The summed E-state index contributed by atoms with van der Waals surface area (Å²) < 4.78 is 7.12. The lowest BCUT2D eigenvalue weighted by Gasteiger charge is -2.14. The second-order valence-electron chi connectivity index (χ2n) is 8.84. The molecule has 0 radical (unpaired) electrons. The summed E-state index contributed by atoms with van der Waals surface area (Å²) in [6, 6.07) is 23.1. The molecule has 3 aromatic carbocycles. The molecule has 0 spiro atoms. The SMILES string of the molecule is CCOC(=O)c1ccc(-n2c(C)cc(/C=C3\SC(=O)N(Cc4cccc5ccccc45)C3=O)c2C)cc1. The zero-order valence-electron chi connectivity index (χ0n) is 20.9. The number of ether oxygens (including phenoxy) is 1. The van der Waals surface area contributed by atoms with Crippen LogP contribution in [0.15, 0.2) is 77.7 Å². The average Bonchev–Trinajstić information content (AvgIpc) is 3.33. The Kier molecular flexibility index (Phi) is 6.72. The van der Waals surface area contributed by atoms with E-state index in [1.165, 1.54) is 4.90 Å². The first-order valence-corrected chi connectivity index (χ1v) is 12.9.